The van der Waals surface area contributed by atoms with E-state index in [0.717, 1.165) is 24.0 Å². The van der Waals surface area contributed by atoms with Crippen molar-refractivity contribution in [3.63, 3.8) is 0 Å². The lowest BCUT2D eigenvalue weighted by Crippen LogP contribution is -2.44. The molecule has 0 radical (unpaired) electrons. The fourth-order valence-corrected chi connectivity index (χ4v) is 3.25. The van der Waals surface area contributed by atoms with Crippen LogP contribution in [0.25, 0.3) is 5.57 Å². The summed E-state index contributed by atoms with van der Waals surface area (Å²) in [6, 6.07) is 20.0. The Bertz CT molecular complexity index is 679. The molecule has 2 aromatic rings. The molecule has 3 rings (SSSR count). The number of carboxylic acid groups (broad SMARTS) is 1. The van der Waals surface area contributed by atoms with Crippen molar-refractivity contribution >= 4 is 11.5 Å². The third kappa shape index (κ3) is 3.69. The lowest BCUT2D eigenvalue weighted by atomic mass is 9.82. The Labute approximate surface area is 136 Å². The number of benzene rings is 2. The van der Waals surface area contributed by atoms with Crippen LogP contribution in [0.2, 0.25) is 0 Å². The van der Waals surface area contributed by atoms with Gasteiger partial charge in [-0.25, -0.2) is 0 Å². The summed E-state index contributed by atoms with van der Waals surface area (Å²) in [5.74, 6) is -1.26. The Morgan fingerprint density at radius 2 is 1.70 bits per heavy atom. The molecule has 1 heterocycles. The van der Waals surface area contributed by atoms with Crippen LogP contribution < -0.4 is 5.32 Å². The lowest BCUT2D eigenvalue weighted by molar-refractivity contribution is -0.140. The zero-order chi connectivity index (χ0) is 16.1. The van der Waals surface area contributed by atoms with Gasteiger partial charge in [0.25, 0.3) is 0 Å². The maximum atomic E-state index is 11.9. The van der Waals surface area contributed by atoms with Crippen LogP contribution in [0, 0.1) is 5.92 Å². The highest BCUT2D eigenvalue weighted by molar-refractivity contribution is 5.88. The average Bonchev–Trinajstić information content (AvgIpc) is 2.61. The molecule has 3 heteroatoms. The van der Waals surface area contributed by atoms with Crippen LogP contribution in [0.1, 0.15) is 17.5 Å². The molecule has 0 aromatic heterocycles. The first-order chi connectivity index (χ1) is 11.3. The van der Waals surface area contributed by atoms with Gasteiger partial charge < -0.3 is 10.4 Å². The summed E-state index contributed by atoms with van der Waals surface area (Å²) in [4.78, 5) is 11.9. The first-order valence-electron chi connectivity index (χ1n) is 8.01. The molecule has 0 saturated heterocycles. The molecular formula is C20H21NO2. The molecule has 2 aromatic carbocycles. The topological polar surface area (TPSA) is 49.3 Å². The van der Waals surface area contributed by atoms with Gasteiger partial charge in [0.05, 0.1) is 5.92 Å². The highest BCUT2D eigenvalue weighted by Gasteiger charge is 2.33. The van der Waals surface area contributed by atoms with E-state index in [1.54, 1.807) is 0 Å². The molecule has 1 aliphatic heterocycles. The van der Waals surface area contributed by atoms with Gasteiger partial charge in [0.15, 0.2) is 0 Å². The summed E-state index contributed by atoms with van der Waals surface area (Å²) in [5.41, 5.74) is 3.18. The normalized spacial score (nSPS) is 20.8. The lowest BCUT2D eigenvalue weighted by Gasteiger charge is -2.31. The molecular weight excluding hydrogens is 286 g/mol. The summed E-state index contributed by atoms with van der Waals surface area (Å²) < 4.78 is 0. The Kier molecular flexibility index (Phi) is 4.89. The van der Waals surface area contributed by atoms with E-state index in [9.17, 15) is 9.90 Å². The molecule has 2 N–H and O–H groups in total. The van der Waals surface area contributed by atoms with Crippen LogP contribution in [-0.4, -0.2) is 23.7 Å². The predicted octanol–water partition coefficient (Wildman–Crippen LogP) is 3.38. The molecule has 23 heavy (non-hydrogen) atoms. The molecule has 2 unspecified atom stereocenters. The second-order valence-corrected chi connectivity index (χ2v) is 5.88. The molecule has 2 atom stereocenters. The molecule has 0 amide bonds. The molecule has 0 fully saturated rings. The summed E-state index contributed by atoms with van der Waals surface area (Å²) in [5, 5.41) is 13.1. The van der Waals surface area contributed by atoms with Crippen molar-refractivity contribution in [1.82, 2.24) is 5.32 Å². The molecule has 0 aliphatic carbocycles. The monoisotopic (exact) mass is 307 g/mol. The van der Waals surface area contributed by atoms with Crippen LogP contribution in [0.4, 0.5) is 0 Å². The minimum absolute atomic E-state index is 0.0482. The molecule has 3 nitrogen and oxygen atoms in total. The van der Waals surface area contributed by atoms with Gasteiger partial charge in [-0.2, -0.15) is 0 Å². The number of carbonyl (C=O) groups is 1. The summed E-state index contributed by atoms with van der Waals surface area (Å²) >= 11 is 0. The summed E-state index contributed by atoms with van der Waals surface area (Å²) in [6.07, 6.45) is 3.70. The average molecular weight is 307 g/mol. The minimum Gasteiger partial charge on any atom is -0.481 e. The zero-order valence-corrected chi connectivity index (χ0v) is 13.0. The van der Waals surface area contributed by atoms with E-state index in [4.69, 9.17) is 0 Å². The van der Waals surface area contributed by atoms with Gasteiger partial charge in [-0.15, -0.1) is 0 Å². The number of rotatable bonds is 5. The Hall–Kier alpha value is -2.39. The van der Waals surface area contributed by atoms with Crippen molar-refractivity contribution in [2.24, 2.45) is 5.92 Å². The van der Waals surface area contributed by atoms with Crippen LogP contribution >= 0.6 is 0 Å². The second-order valence-electron chi connectivity index (χ2n) is 5.88. The van der Waals surface area contributed by atoms with E-state index in [2.05, 4.69) is 17.4 Å². The first-order valence-corrected chi connectivity index (χ1v) is 8.01. The quantitative estimate of drug-likeness (QED) is 0.890. The van der Waals surface area contributed by atoms with E-state index in [1.165, 1.54) is 5.56 Å². The van der Waals surface area contributed by atoms with Crippen molar-refractivity contribution in [3.8, 4) is 0 Å². The molecule has 0 spiro atoms. The highest BCUT2D eigenvalue weighted by Crippen LogP contribution is 2.30. The maximum absolute atomic E-state index is 11.9. The van der Waals surface area contributed by atoms with Crippen molar-refractivity contribution in [2.45, 2.75) is 18.9 Å². The minimum atomic E-state index is -0.759. The number of hydrogen-bond donors (Lipinski definition) is 2. The number of aliphatic carboxylic acids is 1. The smallest absolute Gasteiger partial charge is 0.312 e. The van der Waals surface area contributed by atoms with Gasteiger partial charge in [-0.1, -0.05) is 66.7 Å². The fourth-order valence-electron chi connectivity index (χ4n) is 3.25. The van der Waals surface area contributed by atoms with Crippen molar-refractivity contribution in [1.29, 1.82) is 0 Å². The van der Waals surface area contributed by atoms with E-state index in [0.29, 0.717) is 6.54 Å². The van der Waals surface area contributed by atoms with Gasteiger partial charge in [0, 0.05) is 12.6 Å². The van der Waals surface area contributed by atoms with Crippen LogP contribution in [0.15, 0.2) is 66.7 Å². The van der Waals surface area contributed by atoms with E-state index >= 15 is 0 Å². The number of aryl methyl sites for hydroxylation is 1. The third-order valence-corrected chi connectivity index (χ3v) is 4.40. The van der Waals surface area contributed by atoms with E-state index < -0.39 is 11.9 Å². The van der Waals surface area contributed by atoms with Gasteiger partial charge in [-0.3, -0.25) is 4.79 Å². The van der Waals surface area contributed by atoms with Gasteiger partial charge in [-0.05, 0) is 29.5 Å². The second kappa shape index (κ2) is 7.25. The summed E-state index contributed by atoms with van der Waals surface area (Å²) in [6.45, 7) is 0.716. The number of nitrogens with one attached hydrogen (secondary N) is 1. The van der Waals surface area contributed by atoms with Crippen molar-refractivity contribution < 1.29 is 9.90 Å². The first kappa shape index (κ1) is 15.5. The number of hydrogen-bond acceptors (Lipinski definition) is 2. The van der Waals surface area contributed by atoms with Crippen LogP contribution in [0.5, 0.6) is 0 Å². The van der Waals surface area contributed by atoms with E-state index in [-0.39, 0.29) is 6.04 Å². The highest BCUT2D eigenvalue weighted by atomic mass is 16.4. The fraction of sp³-hybridized carbons (Fsp3) is 0.250. The van der Waals surface area contributed by atoms with Crippen molar-refractivity contribution in [3.05, 3.63) is 77.9 Å². The standard InChI is InChI=1S/C20H21NO2/c22-20(23)19-17(16-9-5-2-6-10-16)13-14-21-18(19)12-11-15-7-3-1-4-8-15/h1-10,13,18-19,21H,11-12,14H2,(H,22,23). The molecule has 118 valence electrons. The van der Waals surface area contributed by atoms with Crippen LogP contribution in [0.3, 0.4) is 0 Å². The Balaban J connectivity index is 1.78. The van der Waals surface area contributed by atoms with Gasteiger partial charge >= 0.3 is 5.97 Å². The third-order valence-electron chi connectivity index (χ3n) is 4.40. The molecule has 0 bridgehead atoms. The maximum Gasteiger partial charge on any atom is 0.312 e. The Morgan fingerprint density at radius 3 is 2.35 bits per heavy atom. The molecule has 0 saturated carbocycles. The van der Waals surface area contributed by atoms with Gasteiger partial charge in [0.1, 0.15) is 0 Å². The summed E-state index contributed by atoms with van der Waals surface area (Å²) in [7, 11) is 0. The van der Waals surface area contributed by atoms with E-state index in [1.807, 2.05) is 54.6 Å². The van der Waals surface area contributed by atoms with Crippen LogP contribution in [-0.2, 0) is 11.2 Å². The van der Waals surface area contributed by atoms with Crippen molar-refractivity contribution in [2.75, 3.05) is 6.54 Å². The predicted molar refractivity (Wildman–Crippen MR) is 92.1 cm³/mol. The SMILES string of the molecule is O=C(O)C1C(c2ccccc2)=CCNC1CCc1ccccc1. The largest absolute Gasteiger partial charge is 0.481 e. The van der Waals surface area contributed by atoms with Gasteiger partial charge in [0.2, 0.25) is 0 Å². The number of carboxylic acids is 1. The molecule has 1 aliphatic rings. The Morgan fingerprint density at radius 1 is 1.04 bits per heavy atom. The zero-order valence-electron chi connectivity index (χ0n) is 13.0.